The highest BCUT2D eigenvalue weighted by Crippen LogP contribution is 2.25. The number of rotatable bonds is 4. The number of primary amides is 1. The average Bonchev–Trinajstić information content (AvgIpc) is 2.40. The second-order valence-corrected chi connectivity index (χ2v) is 4.90. The fourth-order valence-corrected chi connectivity index (χ4v) is 1.99. The van der Waals surface area contributed by atoms with Crippen molar-refractivity contribution in [2.24, 2.45) is 5.73 Å². The van der Waals surface area contributed by atoms with E-state index in [0.29, 0.717) is 32.9 Å². The summed E-state index contributed by atoms with van der Waals surface area (Å²) in [5, 5.41) is 0. The minimum Gasteiger partial charge on any atom is -0.439 e. The van der Waals surface area contributed by atoms with Crippen LogP contribution in [0.3, 0.4) is 0 Å². The molecule has 0 aliphatic carbocycles. The molecule has 2 rings (SSSR count). The lowest BCUT2D eigenvalue weighted by molar-refractivity contribution is 0.0998. The molecular weight excluding hydrogens is 324 g/mol. The van der Waals surface area contributed by atoms with Gasteiger partial charge >= 0.3 is 0 Å². The van der Waals surface area contributed by atoms with Crippen LogP contribution < -0.4 is 10.5 Å². The van der Waals surface area contributed by atoms with Crippen molar-refractivity contribution in [2.45, 2.75) is 6.92 Å². The maximum absolute atomic E-state index is 11.1. The number of carbonyl (C=O) groups is 2. The number of aldehydes is 1. The zero-order valence-corrected chi connectivity index (χ0v) is 12.2. The van der Waals surface area contributed by atoms with E-state index >= 15 is 0 Å². The van der Waals surface area contributed by atoms with Crippen molar-refractivity contribution in [1.82, 2.24) is 4.98 Å². The molecule has 2 N–H and O–H groups in total. The minimum absolute atomic E-state index is 0.326. The summed E-state index contributed by atoms with van der Waals surface area (Å²) >= 11 is 3.26. The highest BCUT2D eigenvalue weighted by atomic mass is 79.9. The summed E-state index contributed by atoms with van der Waals surface area (Å²) in [7, 11) is 0. The number of nitrogens with two attached hydrogens (primary N) is 1. The average molecular weight is 335 g/mol. The number of halogens is 1. The Kier molecular flexibility index (Phi) is 4.14. The van der Waals surface area contributed by atoms with Gasteiger partial charge in [0.1, 0.15) is 5.75 Å². The van der Waals surface area contributed by atoms with Crippen molar-refractivity contribution in [3.05, 3.63) is 51.6 Å². The lowest BCUT2D eigenvalue weighted by Crippen LogP contribution is -2.13. The SMILES string of the molecule is Cc1nc(Oc2ccc(Br)c(C=O)c2)ccc1C(N)=O. The summed E-state index contributed by atoms with van der Waals surface area (Å²) in [6, 6.07) is 8.12. The van der Waals surface area contributed by atoms with Crippen LogP contribution in [0.5, 0.6) is 11.6 Å². The fraction of sp³-hybridized carbons (Fsp3) is 0.0714. The number of hydrogen-bond acceptors (Lipinski definition) is 4. The van der Waals surface area contributed by atoms with Crippen LogP contribution in [0.1, 0.15) is 26.4 Å². The zero-order valence-electron chi connectivity index (χ0n) is 10.6. The molecule has 1 aromatic carbocycles. The van der Waals surface area contributed by atoms with E-state index in [0.717, 1.165) is 6.29 Å². The van der Waals surface area contributed by atoms with Crippen molar-refractivity contribution >= 4 is 28.1 Å². The van der Waals surface area contributed by atoms with Gasteiger partial charge in [-0.05, 0) is 31.2 Å². The maximum atomic E-state index is 11.1. The van der Waals surface area contributed by atoms with E-state index in [1.807, 2.05) is 0 Å². The Hall–Kier alpha value is -2.21. The molecule has 0 bridgehead atoms. The van der Waals surface area contributed by atoms with E-state index in [1.54, 1.807) is 37.3 Å². The maximum Gasteiger partial charge on any atom is 0.250 e. The number of aryl methyl sites for hydroxylation is 1. The van der Waals surface area contributed by atoms with Crippen LogP contribution in [-0.2, 0) is 0 Å². The number of benzene rings is 1. The molecule has 0 aliphatic heterocycles. The highest BCUT2D eigenvalue weighted by Gasteiger charge is 2.09. The van der Waals surface area contributed by atoms with Crippen LogP contribution in [-0.4, -0.2) is 17.2 Å². The van der Waals surface area contributed by atoms with Crippen molar-refractivity contribution in [2.75, 3.05) is 0 Å². The Balaban J connectivity index is 2.28. The molecule has 1 heterocycles. The topological polar surface area (TPSA) is 82.3 Å². The molecule has 0 saturated carbocycles. The third kappa shape index (κ3) is 3.03. The molecule has 1 amide bonds. The van der Waals surface area contributed by atoms with Gasteiger partial charge in [-0.2, -0.15) is 0 Å². The summed E-state index contributed by atoms with van der Waals surface area (Å²) in [6.45, 7) is 1.67. The Labute approximate surface area is 123 Å². The molecule has 20 heavy (non-hydrogen) atoms. The lowest BCUT2D eigenvalue weighted by atomic mass is 10.2. The normalized spacial score (nSPS) is 10.1. The van der Waals surface area contributed by atoms with Gasteiger partial charge in [-0.25, -0.2) is 4.98 Å². The third-order valence-corrected chi connectivity index (χ3v) is 3.36. The van der Waals surface area contributed by atoms with Gasteiger partial charge in [0.25, 0.3) is 5.91 Å². The number of hydrogen-bond donors (Lipinski definition) is 1. The minimum atomic E-state index is -0.534. The van der Waals surface area contributed by atoms with Gasteiger partial charge in [0.15, 0.2) is 6.29 Å². The Morgan fingerprint density at radius 2 is 2.10 bits per heavy atom. The summed E-state index contributed by atoms with van der Waals surface area (Å²) in [6.07, 6.45) is 0.728. The molecule has 0 saturated heterocycles. The van der Waals surface area contributed by atoms with E-state index in [-0.39, 0.29) is 0 Å². The lowest BCUT2D eigenvalue weighted by Gasteiger charge is -2.08. The quantitative estimate of drug-likeness (QED) is 0.871. The fourth-order valence-electron chi connectivity index (χ4n) is 1.65. The second kappa shape index (κ2) is 5.83. The molecule has 1 aromatic heterocycles. The van der Waals surface area contributed by atoms with Crippen molar-refractivity contribution < 1.29 is 14.3 Å². The number of nitrogens with zero attached hydrogens (tertiary/aromatic N) is 1. The van der Waals surface area contributed by atoms with Gasteiger partial charge < -0.3 is 10.5 Å². The van der Waals surface area contributed by atoms with Crippen LogP contribution in [0.4, 0.5) is 0 Å². The van der Waals surface area contributed by atoms with Gasteiger partial charge in [0.2, 0.25) is 5.88 Å². The molecule has 5 nitrogen and oxygen atoms in total. The molecule has 0 atom stereocenters. The van der Waals surface area contributed by atoms with E-state index in [2.05, 4.69) is 20.9 Å². The predicted octanol–water partition coefficient (Wildman–Crippen LogP) is 2.86. The molecule has 102 valence electrons. The molecule has 0 aliphatic rings. The van der Waals surface area contributed by atoms with Gasteiger partial charge in [-0.3, -0.25) is 9.59 Å². The van der Waals surface area contributed by atoms with Crippen LogP contribution in [0, 0.1) is 6.92 Å². The first-order valence-electron chi connectivity index (χ1n) is 5.71. The summed E-state index contributed by atoms with van der Waals surface area (Å²) in [4.78, 5) is 26.1. The number of amides is 1. The second-order valence-electron chi connectivity index (χ2n) is 4.05. The van der Waals surface area contributed by atoms with Crippen LogP contribution in [0.25, 0.3) is 0 Å². The predicted molar refractivity (Wildman–Crippen MR) is 77.1 cm³/mol. The van der Waals surface area contributed by atoms with E-state index in [1.165, 1.54) is 0 Å². The molecule has 0 spiro atoms. The first-order valence-corrected chi connectivity index (χ1v) is 6.50. The van der Waals surface area contributed by atoms with E-state index in [9.17, 15) is 9.59 Å². The molecule has 0 radical (unpaired) electrons. The summed E-state index contributed by atoms with van der Waals surface area (Å²) in [5.41, 5.74) is 6.53. The first kappa shape index (κ1) is 14.2. The van der Waals surface area contributed by atoms with Crippen LogP contribution in [0.15, 0.2) is 34.8 Å². The van der Waals surface area contributed by atoms with Gasteiger partial charge in [-0.15, -0.1) is 0 Å². The number of aromatic nitrogens is 1. The standard InChI is InChI=1S/C14H11BrN2O3/c1-8-11(14(16)19)3-5-13(17-8)20-10-2-4-12(15)9(6-10)7-18/h2-7H,1H3,(H2,16,19). The zero-order chi connectivity index (χ0) is 14.7. The van der Waals surface area contributed by atoms with Crippen LogP contribution >= 0.6 is 15.9 Å². The van der Waals surface area contributed by atoms with Crippen molar-refractivity contribution in [1.29, 1.82) is 0 Å². The first-order chi connectivity index (χ1) is 9.51. The smallest absolute Gasteiger partial charge is 0.250 e. The van der Waals surface area contributed by atoms with Crippen molar-refractivity contribution in [3.8, 4) is 11.6 Å². The number of pyridine rings is 1. The molecule has 0 fully saturated rings. The van der Waals surface area contributed by atoms with E-state index < -0.39 is 5.91 Å². The highest BCUT2D eigenvalue weighted by molar-refractivity contribution is 9.10. The number of carbonyl (C=O) groups excluding carboxylic acids is 2. The van der Waals surface area contributed by atoms with Crippen LogP contribution in [0.2, 0.25) is 0 Å². The molecule has 6 heteroatoms. The van der Waals surface area contributed by atoms with Gasteiger partial charge in [0, 0.05) is 16.1 Å². The van der Waals surface area contributed by atoms with Crippen molar-refractivity contribution in [3.63, 3.8) is 0 Å². The monoisotopic (exact) mass is 334 g/mol. The Bertz CT molecular complexity index is 686. The molecular formula is C14H11BrN2O3. The Morgan fingerprint density at radius 1 is 1.35 bits per heavy atom. The van der Waals surface area contributed by atoms with E-state index in [4.69, 9.17) is 10.5 Å². The largest absolute Gasteiger partial charge is 0.439 e. The molecule has 0 unspecified atom stereocenters. The number of ether oxygens (including phenoxy) is 1. The van der Waals surface area contributed by atoms with Gasteiger partial charge in [-0.1, -0.05) is 15.9 Å². The summed E-state index contributed by atoms with van der Waals surface area (Å²) < 4.78 is 6.24. The third-order valence-electron chi connectivity index (χ3n) is 2.64. The molecule has 2 aromatic rings. The summed E-state index contributed by atoms with van der Waals surface area (Å²) in [5.74, 6) is 0.272. The Morgan fingerprint density at radius 3 is 2.70 bits per heavy atom. The van der Waals surface area contributed by atoms with Gasteiger partial charge in [0.05, 0.1) is 11.3 Å².